The van der Waals surface area contributed by atoms with Gasteiger partial charge >= 0.3 is 0 Å². The van der Waals surface area contributed by atoms with E-state index in [1.807, 2.05) is 48.5 Å². The molecule has 26 heavy (non-hydrogen) atoms. The van der Waals surface area contributed by atoms with Crippen molar-refractivity contribution < 1.29 is 9.59 Å². The van der Waals surface area contributed by atoms with E-state index >= 15 is 0 Å². The minimum atomic E-state index is -0.257. The fraction of sp³-hybridized carbons (Fsp3) is 0. The zero-order valence-corrected chi connectivity index (χ0v) is 14.5. The summed E-state index contributed by atoms with van der Waals surface area (Å²) in [5.41, 5.74) is 0.934. The summed E-state index contributed by atoms with van der Waals surface area (Å²) in [6.07, 6.45) is 0. The fourth-order valence-corrected chi connectivity index (χ4v) is 4.53. The molecule has 0 saturated heterocycles. The van der Waals surface area contributed by atoms with Gasteiger partial charge in [-0.05, 0) is 51.7 Å². The summed E-state index contributed by atoms with van der Waals surface area (Å²) in [5, 5.41) is 4.25. The maximum atomic E-state index is 12.8. The number of carbonyl (C=O) groups is 2. The monoisotopic (exact) mass is 355 g/mol. The van der Waals surface area contributed by atoms with Gasteiger partial charge in [0.1, 0.15) is 0 Å². The standard InChI is InChI=1S/C22H13NO2S/c24-21-18-11-5-6-12-19(18)22(25)23(21)26-20-16-9-3-1-7-14(16)13-15-8-2-4-10-17(15)20/h1-13H. The van der Waals surface area contributed by atoms with Crippen molar-refractivity contribution in [2.75, 3.05) is 0 Å². The first-order chi connectivity index (χ1) is 12.7. The third kappa shape index (κ3) is 2.16. The highest BCUT2D eigenvalue weighted by molar-refractivity contribution is 7.98. The molecule has 4 aromatic carbocycles. The van der Waals surface area contributed by atoms with Gasteiger partial charge in [0.05, 0.1) is 11.1 Å². The second-order valence-corrected chi connectivity index (χ2v) is 7.15. The molecule has 0 N–H and O–H groups in total. The Kier molecular flexibility index (Phi) is 3.33. The van der Waals surface area contributed by atoms with Crippen LogP contribution >= 0.6 is 11.9 Å². The van der Waals surface area contributed by atoms with Crippen molar-refractivity contribution in [1.82, 2.24) is 4.31 Å². The Morgan fingerprint density at radius 2 is 1.08 bits per heavy atom. The van der Waals surface area contributed by atoms with Crippen molar-refractivity contribution in [3.8, 4) is 0 Å². The summed E-state index contributed by atoms with van der Waals surface area (Å²) in [6.45, 7) is 0. The first kappa shape index (κ1) is 15.2. The van der Waals surface area contributed by atoms with Gasteiger partial charge in [0, 0.05) is 4.90 Å². The summed E-state index contributed by atoms with van der Waals surface area (Å²) in [5.74, 6) is -0.514. The molecular weight excluding hydrogens is 342 g/mol. The van der Waals surface area contributed by atoms with Gasteiger partial charge in [-0.25, -0.2) is 4.31 Å². The number of carbonyl (C=O) groups excluding carboxylic acids is 2. The van der Waals surface area contributed by atoms with Crippen molar-refractivity contribution in [1.29, 1.82) is 0 Å². The van der Waals surface area contributed by atoms with Gasteiger partial charge in [0.15, 0.2) is 0 Å². The third-order valence-electron chi connectivity index (χ3n) is 4.66. The molecule has 0 radical (unpaired) electrons. The van der Waals surface area contributed by atoms with E-state index < -0.39 is 0 Å². The Morgan fingerprint density at radius 1 is 0.615 bits per heavy atom. The normalized spacial score (nSPS) is 13.6. The molecule has 0 spiro atoms. The lowest BCUT2D eigenvalue weighted by Crippen LogP contribution is -2.22. The van der Waals surface area contributed by atoms with Crippen LogP contribution in [-0.2, 0) is 0 Å². The second kappa shape index (κ2) is 5.71. The minimum absolute atomic E-state index is 0.257. The summed E-state index contributed by atoms with van der Waals surface area (Å²) in [6, 6.07) is 25.2. The molecule has 0 unspecified atom stereocenters. The molecule has 1 aliphatic rings. The second-order valence-electron chi connectivity index (χ2n) is 6.19. The summed E-state index contributed by atoms with van der Waals surface area (Å²) in [4.78, 5) is 26.5. The SMILES string of the molecule is O=C1c2ccccc2C(=O)N1Sc1c2ccccc2cc2ccccc12. The summed E-state index contributed by atoms with van der Waals surface area (Å²) >= 11 is 1.22. The first-order valence-electron chi connectivity index (χ1n) is 8.30. The van der Waals surface area contributed by atoms with Gasteiger partial charge < -0.3 is 0 Å². The highest BCUT2D eigenvalue weighted by Crippen LogP contribution is 2.40. The van der Waals surface area contributed by atoms with Crippen LogP contribution in [0.3, 0.4) is 0 Å². The number of imide groups is 1. The van der Waals surface area contributed by atoms with Crippen LogP contribution in [0.5, 0.6) is 0 Å². The number of benzene rings is 4. The van der Waals surface area contributed by atoms with E-state index in [0.717, 1.165) is 26.4 Å². The fourth-order valence-electron chi connectivity index (χ4n) is 3.41. The van der Waals surface area contributed by atoms with Crippen LogP contribution < -0.4 is 0 Å². The Bertz CT molecular complexity index is 1130. The van der Waals surface area contributed by atoms with Crippen LogP contribution in [0.2, 0.25) is 0 Å². The average molecular weight is 355 g/mol. The Morgan fingerprint density at radius 3 is 1.62 bits per heavy atom. The molecule has 124 valence electrons. The lowest BCUT2D eigenvalue weighted by molar-refractivity contribution is 0.0777. The first-order valence-corrected chi connectivity index (χ1v) is 9.07. The maximum Gasteiger partial charge on any atom is 0.272 e. The topological polar surface area (TPSA) is 37.4 Å². The zero-order chi connectivity index (χ0) is 17.7. The zero-order valence-electron chi connectivity index (χ0n) is 13.7. The predicted molar refractivity (Wildman–Crippen MR) is 104 cm³/mol. The molecule has 2 amide bonds. The van der Waals surface area contributed by atoms with E-state index in [1.165, 1.54) is 16.3 Å². The van der Waals surface area contributed by atoms with Gasteiger partial charge in [-0.2, -0.15) is 0 Å². The molecule has 0 atom stereocenters. The van der Waals surface area contributed by atoms with Crippen LogP contribution in [0.25, 0.3) is 21.5 Å². The average Bonchev–Trinajstić information content (AvgIpc) is 2.93. The molecule has 0 aliphatic carbocycles. The smallest absolute Gasteiger partial charge is 0.268 e. The minimum Gasteiger partial charge on any atom is -0.268 e. The van der Waals surface area contributed by atoms with Crippen molar-refractivity contribution in [2.45, 2.75) is 4.90 Å². The summed E-state index contributed by atoms with van der Waals surface area (Å²) < 4.78 is 1.28. The van der Waals surface area contributed by atoms with Gasteiger partial charge in [0.2, 0.25) is 0 Å². The number of amides is 2. The van der Waals surface area contributed by atoms with Crippen LogP contribution in [-0.4, -0.2) is 16.1 Å². The highest BCUT2D eigenvalue weighted by Gasteiger charge is 2.36. The molecule has 0 aromatic heterocycles. The van der Waals surface area contributed by atoms with Gasteiger partial charge in [-0.1, -0.05) is 60.7 Å². The van der Waals surface area contributed by atoms with Gasteiger partial charge in [0.25, 0.3) is 11.8 Å². The number of nitrogens with zero attached hydrogens (tertiary/aromatic N) is 1. The van der Waals surface area contributed by atoms with Crippen molar-refractivity contribution in [3.05, 3.63) is 90.0 Å². The van der Waals surface area contributed by atoms with Gasteiger partial charge in [-0.3, -0.25) is 9.59 Å². The molecule has 4 aromatic rings. The molecule has 0 saturated carbocycles. The highest BCUT2D eigenvalue weighted by atomic mass is 32.2. The molecule has 4 heteroatoms. The molecular formula is C22H13NO2S. The van der Waals surface area contributed by atoms with E-state index in [2.05, 4.69) is 6.07 Å². The molecule has 5 rings (SSSR count). The van der Waals surface area contributed by atoms with Crippen LogP contribution in [0, 0.1) is 0 Å². The van der Waals surface area contributed by atoms with E-state index in [9.17, 15) is 9.59 Å². The maximum absolute atomic E-state index is 12.8. The number of hydrogen-bond donors (Lipinski definition) is 0. The number of fused-ring (bicyclic) bond motifs is 3. The molecule has 0 bridgehead atoms. The van der Waals surface area contributed by atoms with Crippen molar-refractivity contribution in [3.63, 3.8) is 0 Å². The van der Waals surface area contributed by atoms with Crippen molar-refractivity contribution in [2.24, 2.45) is 0 Å². The molecule has 3 nitrogen and oxygen atoms in total. The van der Waals surface area contributed by atoms with Crippen LogP contribution in [0.15, 0.2) is 83.8 Å². The molecule has 1 heterocycles. The number of hydrogen-bond acceptors (Lipinski definition) is 3. The van der Waals surface area contributed by atoms with Crippen LogP contribution in [0.4, 0.5) is 0 Å². The largest absolute Gasteiger partial charge is 0.272 e. The molecule has 0 fully saturated rings. The van der Waals surface area contributed by atoms with Crippen LogP contribution in [0.1, 0.15) is 20.7 Å². The van der Waals surface area contributed by atoms with E-state index in [0.29, 0.717) is 11.1 Å². The summed E-state index contributed by atoms with van der Waals surface area (Å²) in [7, 11) is 0. The van der Waals surface area contributed by atoms with E-state index in [-0.39, 0.29) is 11.8 Å². The Labute approximate surface area is 154 Å². The quantitative estimate of drug-likeness (QED) is 0.278. The number of rotatable bonds is 2. The Hall–Kier alpha value is -3.11. The Balaban J connectivity index is 1.70. The van der Waals surface area contributed by atoms with Crippen molar-refractivity contribution >= 4 is 45.3 Å². The van der Waals surface area contributed by atoms with Gasteiger partial charge in [-0.15, -0.1) is 0 Å². The molecule has 1 aliphatic heterocycles. The van der Waals surface area contributed by atoms with E-state index in [1.54, 1.807) is 24.3 Å². The van der Waals surface area contributed by atoms with E-state index in [4.69, 9.17) is 0 Å². The predicted octanol–water partition coefficient (Wildman–Crippen LogP) is 5.30. The lowest BCUT2D eigenvalue weighted by Gasteiger charge is -2.16. The third-order valence-corrected chi connectivity index (χ3v) is 5.80. The lowest BCUT2D eigenvalue weighted by atomic mass is 10.0.